The second kappa shape index (κ2) is 8.88. The lowest BCUT2D eigenvalue weighted by molar-refractivity contribution is 0.0951. The van der Waals surface area contributed by atoms with Crippen molar-refractivity contribution in [2.24, 2.45) is 0 Å². The zero-order chi connectivity index (χ0) is 21.1. The standard InChI is InChI=1S/C24H29FN4O/c1-17-18(2)27-22-9-8-19(16-20(17)22)24(30)26-10-5-11-28-12-14-29(15-13-28)23-7-4-3-6-21(23)25/h3-4,6-9,16,27H,5,10-15H2,1-2H3,(H,26,30). The zero-order valence-electron chi connectivity index (χ0n) is 17.7. The molecular weight excluding hydrogens is 379 g/mol. The molecular formula is C24H29FN4O. The molecule has 158 valence electrons. The Morgan fingerprint density at radius 3 is 2.63 bits per heavy atom. The quantitative estimate of drug-likeness (QED) is 0.609. The van der Waals surface area contributed by atoms with Gasteiger partial charge in [0.15, 0.2) is 0 Å². The fraction of sp³-hybridized carbons (Fsp3) is 0.375. The molecule has 0 atom stereocenters. The van der Waals surface area contributed by atoms with Crippen molar-refractivity contribution in [1.29, 1.82) is 0 Å². The number of aromatic amines is 1. The van der Waals surface area contributed by atoms with Crippen LogP contribution in [0.5, 0.6) is 0 Å². The predicted octanol–water partition coefficient (Wildman–Crippen LogP) is 3.87. The van der Waals surface area contributed by atoms with Crippen molar-refractivity contribution >= 4 is 22.5 Å². The Balaban J connectivity index is 1.22. The highest BCUT2D eigenvalue weighted by molar-refractivity contribution is 5.99. The molecule has 0 aliphatic carbocycles. The van der Waals surface area contributed by atoms with Gasteiger partial charge in [0, 0.05) is 54.9 Å². The minimum absolute atomic E-state index is 0.0282. The van der Waals surface area contributed by atoms with Crippen LogP contribution in [-0.4, -0.2) is 55.1 Å². The highest BCUT2D eigenvalue weighted by Gasteiger charge is 2.19. The second-order valence-corrected chi connectivity index (χ2v) is 8.02. The number of hydrogen-bond acceptors (Lipinski definition) is 3. The molecule has 0 radical (unpaired) electrons. The number of benzene rings is 2. The number of aryl methyl sites for hydroxylation is 2. The summed E-state index contributed by atoms with van der Waals surface area (Å²) in [5.41, 5.74) is 4.78. The molecule has 1 fully saturated rings. The van der Waals surface area contributed by atoms with Crippen LogP contribution in [0.2, 0.25) is 0 Å². The summed E-state index contributed by atoms with van der Waals surface area (Å²) in [6.45, 7) is 9.16. The van der Waals surface area contributed by atoms with Crippen LogP contribution in [0.4, 0.5) is 10.1 Å². The van der Waals surface area contributed by atoms with Crippen molar-refractivity contribution in [3.8, 4) is 0 Å². The number of piperazine rings is 1. The molecule has 1 amide bonds. The maximum atomic E-state index is 13.9. The molecule has 1 aromatic heterocycles. The number of anilines is 1. The molecule has 5 nitrogen and oxygen atoms in total. The third-order valence-electron chi connectivity index (χ3n) is 6.07. The number of rotatable bonds is 6. The minimum atomic E-state index is -0.156. The number of para-hydroxylation sites is 1. The predicted molar refractivity (Wildman–Crippen MR) is 120 cm³/mol. The number of amides is 1. The van der Waals surface area contributed by atoms with Gasteiger partial charge in [-0.3, -0.25) is 9.69 Å². The molecule has 1 aliphatic rings. The van der Waals surface area contributed by atoms with Gasteiger partial charge in [-0.2, -0.15) is 0 Å². The van der Waals surface area contributed by atoms with Crippen LogP contribution in [0.25, 0.3) is 10.9 Å². The molecule has 2 heterocycles. The number of nitrogens with one attached hydrogen (secondary N) is 2. The van der Waals surface area contributed by atoms with Crippen molar-refractivity contribution in [3.63, 3.8) is 0 Å². The molecule has 1 saturated heterocycles. The number of halogens is 1. The summed E-state index contributed by atoms with van der Waals surface area (Å²) < 4.78 is 13.9. The Labute approximate surface area is 176 Å². The Morgan fingerprint density at radius 2 is 1.87 bits per heavy atom. The molecule has 2 N–H and O–H groups in total. The summed E-state index contributed by atoms with van der Waals surface area (Å²) in [7, 11) is 0. The van der Waals surface area contributed by atoms with E-state index < -0.39 is 0 Å². The summed E-state index contributed by atoms with van der Waals surface area (Å²) >= 11 is 0. The number of carbonyl (C=O) groups excluding carboxylic acids is 1. The normalized spacial score (nSPS) is 15.0. The number of aromatic nitrogens is 1. The third-order valence-corrected chi connectivity index (χ3v) is 6.07. The summed E-state index contributed by atoms with van der Waals surface area (Å²) in [6.07, 6.45) is 0.899. The van der Waals surface area contributed by atoms with Crippen molar-refractivity contribution in [3.05, 3.63) is 65.1 Å². The summed E-state index contributed by atoms with van der Waals surface area (Å²) in [5, 5.41) is 4.14. The van der Waals surface area contributed by atoms with Crippen molar-refractivity contribution in [1.82, 2.24) is 15.2 Å². The van der Waals surface area contributed by atoms with Gasteiger partial charge < -0.3 is 15.2 Å². The van der Waals surface area contributed by atoms with Crippen LogP contribution in [0.3, 0.4) is 0 Å². The summed E-state index contributed by atoms with van der Waals surface area (Å²) in [4.78, 5) is 20.3. The molecule has 0 unspecified atom stereocenters. The van der Waals surface area contributed by atoms with Gasteiger partial charge in [-0.25, -0.2) is 4.39 Å². The first-order valence-corrected chi connectivity index (χ1v) is 10.6. The van der Waals surface area contributed by atoms with E-state index in [2.05, 4.69) is 27.0 Å². The zero-order valence-corrected chi connectivity index (χ0v) is 17.7. The fourth-order valence-electron chi connectivity index (χ4n) is 4.13. The third kappa shape index (κ3) is 4.33. The van der Waals surface area contributed by atoms with Crippen molar-refractivity contribution in [2.45, 2.75) is 20.3 Å². The largest absolute Gasteiger partial charge is 0.367 e. The van der Waals surface area contributed by atoms with Gasteiger partial charge in [0.2, 0.25) is 0 Å². The lowest BCUT2D eigenvalue weighted by Crippen LogP contribution is -2.47. The fourth-order valence-corrected chi connectivity index (χ4v) is 4.13. The van der Waals surface area contributed by atoms with Crippen LogP contribution < -0.4 is 10.2 Å². The van der Waals surface area contributed by atoms with Gasteiger partial charge in [-0.05, 0) is 62.7 Å². The average molecular weight is 409 g/mol. The van der Waals surface area contributed by atoms with E-state index in [1.54, 1.807) is 6.07 Å². The Morgan fingerprint density at radius 1 is 1.10 bits per heavy atom. The molecule has 2 aromatic carbocycles. The lowest BCUT2D eigenvalue weighted by Gasteiger charge is -2.36. The van der Waals surface area contributed by atoms with Crippen LogP contribution in [0.1, 0.15) is 28.0 Å². The van der Waals surface area contributed by atoms with Crippen molar-refractivity contribution < 1.29 is 9.18 Å². The van der Waals surface area contributed by atoms with Gasteiger partial charge >= 0.3 is 0 Å². The molecule has 4 rings (SSSR count). The van der Waals surface area contributed by atoms with Crippen LogP contribution in [0, 0.1) is 19.7 Å². The van der Waals surface area contributed by atoms with Gasteiger partial charge in [0.25, 0.3) is 5.91 Å². The van der Waals surface area contributed by atoms with E-state index in [0.717, 1.165) is 55.7 Å². The monoisotopic (exact) mass is 408 g/mol. The van der Waals surface area contributed by atoms with Crippen LogP contribution in [0.15, 0.2) is 42.5 Å². The van der Waals surface area contributed by atoms with Gasteiger partial charge in [0.05, 0.1) is 5.69 Å². The highest BCUT2D eigenvalue weighted by atomic mass is 19.1. The maximum Gasteiger partial charge on any atom is 0.251 e. The molecule has 1 aliphatic heterocycles. The van der Waals surface area contributed by atoms with Gasteiger partial charge in [-0.1, -0.05) is 12.1 Å². The van der Waals surface area contributed by atoms with Gasteiger partial charge in [-0.15, -0.1) is 0 Å². The smallest absolute Gasteiger partial charge is 0.251 e. The average Bonchev–Trinajstić information content (AvgIpc) is 3.05. The Kier molecular flexibility index (Phi) is 6.04. The molecule has 0 saturated carbocycles. The molecule has 0 spiro atoms. The maximum absolute atomic E-state index is 13.9. The molecule has 30 heavy (non-hydrogen) atoms. The van der Waals surface area contributed by atoms with Crippen LogP contribution >= 0.6 is 0 Å². The first kappa shape index (κ1) is 20.4. The number of nitrogens with zero attached hydrogens (tertiary/aromatic N) is 2. The summed E-state index contributed by atoms with van der Waals surface area (Å²) in [5.74, 6) is -0.184. The topological polar surface area (TPSA) is 51.4 Å². The molecule has 0 bridgehead atoms. The number of fused-ring (bicyclic) bond motifs is 1. The highest BCUT2D eigenvalue weighted by Crippen LogP contribution is 2.22. The Hall–Kier alpha value is -2.86. The van der Waals surface area contributed by atoms with E-state index >= 15 is 0 Å². The second-order valence-electron chi connectivity index (χ2n) is 8.02. The van der Waals surface area contributed by atoms with Crippen LogP contribution in [-0.2, 0) is 0 Å². The van der Waals surface area contributed by atoms with E-state index in [-0.39, 0.29) is 11.7 Å². The van der Waals surface area contributed by atoms with Gasteiger partial charge in [0.1, 0.15) is 5.82 Å². The van der Waals surface area contributed by atoms with E-state index in [0.29, 0.717) is 17.8 Å². The number of hydrogen-bond donors (Lipinski definition) is 2. The molecule has 3 aromatic rings. The first-order valence-electron chi connectivity index (χ1n) is 10.6. The van der Waals surface area contributed by atoms with E-state index in [1.165, 1.54) is 11.6 Å². The van der Waals surface area contributed by atoms with E-state index in [4.69, 9.17) is 0 Å². The van der Waals surface area contributed by atoms with Crippen molar-refractivity contribution in [2.75, 3.05) is 44.2 Å². The summed E-state index contributed by atoms with van der Waals surface area (Å²) in [6, 6.07) is 12.8. The Bertz CT molecular complexity index is 1040. The number of carbonyl (C=O) groups is 1. The lowest BCUT2D eigenvalue weighted by atomic mass is 10.1. The molecule has 6 heteroatoms. The van der Waals surface area contributed by atoms with E-state index in [9.17, 15) is 9.18 Å². The number of H-pyrrole nitrogens is 1. The SMILES string of the molecule is Cc1[nH]c2ccc(C(=O)NCCCN3CCN(c4ccccc4F)CC3)cc2c1C. The first-order chi connectivity index (χ1) is 14.5. The van der Waals surface area contributed by atoms with E-state index in [1.807, 2.05) is 37.3 Å². The minimum Gasteiger partial charge on any atom is -0.367 e.